The average molecular weight is 181 g/mol. The lowest BCUT2D eigenvalue weighted by Gasteiger charge is -2.05. The van der Waals surface area contributed by atoms with Crippen LogP contribution in [-0.2, 0) is 9.47 Å². The fourth-order valence-corrected chi connectivity index (χ4v) is 0.779. The Labute approximate surface area is 78.2 Å². The molecule has 0 fully saturated rings. The third-order valence-electron chi connectivity index (χ3n) is 1.43. The molecule has 13 heavy (non-hydrogen) atoms. The van der Waals surface area contributed by atoms with Crippen LogP contribution in [0.15, 0.2) is 24.3 Å². The van der Waals surface area contributed by atoms with E-state index in [0.717, 1.165) is 5.75 Å². The van der Waals surface area contributed by atoms with Gasteiger partial charge in [0.25, 0.3) is 0 Å². The second kappa shape index (κ2) is 6.46. The van der Waals surface area contributed by atoms with Crippen LogP contribution in [0.4, 0.5) is 0 Å². The molecular formula is C10H13O3. The molecule has 0 aliphatic carbocycles. The van der Waals surface area contributed by atoms with Crippen LogP contribution in [0.1, 0.15) is 0 Å². The van der Waals surface area contributed by atoms with Gasteiger partial charge in [-0.2, -0.15) is 0 Å². The van der Waals surface area contributed by atoms with Crippen molar-refractivity contribution in [2.24, 2.45) is 0 Å². The van der Waals surface area contributed by atoms with E-state index in [2.05, 4.69) is 6.07 Å². The maximum absolute atomic E-state index is 5.25. The largest absolute Gasteiger partial charge is 0.468 e. The van der Waals surface area contributed by atoms with Gasteiger partial charge in [-0.3, -0.25) is 0 Å². The van der Waals surface area contributed by atoms with E-state index in [1.54, 1.807) is 19.2 Å². The van der Waals surface area contributed by atoms with Crippen LogP contribution in [0.2, 0.25) is 0 Å². The van der Waals surface area contributed by atoms with Gasteiger partial charge < -0.3 is 14.2 Å². The van der Waals surface area contributed by atoms with Crippen molar-refractivity contribution in [3.63, 3.8) is 0 Å². The highest BCUT2D eigenvalue weighted by Gasteiger charge is 1.90. The molecule has 0 amide bonds. The molecule has 0 N–H and O–H groups in total. The van der Waals surface area contributed by atoms with Crippen LogP contribution in [0.25, 0.3) is 0 Å². The summed E-state index contributed by atoms with van der Waals surface area (Å²) in [5.74, 6) is 0.788. The van der Waals surface area contributed by atoms with Gasteiger partial charge in [0.15, 0.2) is 6.79 Å². The molecule has 0 aliphatic heterocycles. The van der Waals surface area contributed by atoms with Crippen LogP contribution in [0.3, 0.4) is 0 Å². The van der Waals surface area contributed by atoms with Gasteiger partial charge in [0.1, 0.15) is 5.75 Å². The Morgan fingerprint density at radius 3 is 2.69 bits per heavy atom. The standard InChI is InChI=1S/C10H13O3/c1-11-7-8-12-9-13-10-5-3-2-4-6-10/h3-6H,7-9H2,1H3. The van der Waals surface area contributed by atoms with Crippen molar-refractivity contribution in [1.82, 2.24) is 0 Å². The Balaban J connectivity index is 2.07. The number of rotatable bonds is 6. The molecule has 0 saturated heterocycles. The molecule has 3 heteroatoms. The van der Waals surface area contributed by atoms with Crippen molar-refractivity contribution in [2.75, 3.05) is 27.1 Å². The summed E-state index contributed by atoms with van der Waals surface area (Å²) < 4.78 is 15.2. The molecule has 0 aliphatic rings. The molecule has 1 radical (unpaired) electrons. The Morgan fingerprint density at radius 2 is 2.00 bits per heavy atom. The highest BCUT2D eigenvalue weighted by molar-refractivity contribution is 5.19. The van der Waals surface area contributed by atoms with E-state index >= 15 is 0 Å². The molecule has 1 rings (SSSR count). The first-order valence-corrected chi connectivity index (χ1v) is 4.09. The quantitative estimate of drug-likeness (QED) is 0.491. The molecule has 0 saturated carbocycles. The Hall–Kier alpha value is -1.06. The smallest absolute Gasteiger partial charge is 0.189 e. The van der Waals surface area contributed by atoms with Crippen molar-refractivity contribution in [3.05, 3.63) is 30.3 Å². The Bertz CT molecular complexity index is 211. The maximum Gasteiger partial charge on any atom is 0.189 e. The van der Waals surface area contributed by atoms with Gasteiger partial charge in [-0.1, -0.05) is 12.1 Å². The molecule has 0 atom stereocenters. The molecule has 0 aromatic heterocycles. The molecule has 71 valence electrons. The van der Waals surface area contributed by atoms with E-state index in [1.165, 1.54) is 0 Å². The van der Waals surface area contributed by atoms with E-state index < -0.39 is 0 Å². The van der Waals surface area contributed by atoms with Crippen molar-refractivity contribution in [2.45, 2.75) is 0 Å². The maximum atomic E-state index is 5.25. The van der Waals surface area contributed by atoms with Crippen molar-refractivity contribution in [3.8, 4) is 5.75 Å². The van der Waals surface area contributed by atoms with Crippen molar-refractivity contribution >= 4 is 0 Å². The zero-order valence-electron chi connectivity index (χ0n) is 7.66. The SMILES string of the molecule is COCCOCOc1cc[c]cc1. The third kappa shape index (κ3) is 4.50. The fourth-order valence-electron chi connectivity index (χ4n) is 0.779. The predicted octanol–water partition coefficient (Wildman–Crippen LogP) is 1.49. The van der Waals surface area contributed by atoms with E-state index in [0.29, 0.717) is 13.2 Å². The molecule has 1 aromatic rings. The van der Waals surface area contributed by atoms with Crippen molar-refractivity contribution in [1.29, 1.82) is 0 Å². The van der Waals surface area contributed by atoms with Gasteiger partial charge in [-0.05, 0) is 18.2 Å². The first-order valence-electron chi connectivity index (χ1n) is 4.09. The first-order chi connectivity index (χ1) is 6.43. The van der Waals surface area contributed by atoms with Gasteiger partial charge in [0.05, 0.1) is 13.2 Å². The molecule has 0 bridgehead atoms. The van der Waals surface area contributed by atoms with E-state index in [1.807, 2.05) is 12.1 Å². The second-order valence-corrected chi connectivity index (χ2v) is 2.40. The lowest BCUT2D eigenvalue weighted by molar-refractivity contribution is -0.00847. The molecule has 1 aromatic carbocycles. The van der Waals surface area contributed by atoms with E-state index in [-0.39, 0.29) is 6.79 Å². The van der Waals surface area contributed by atoms with Crippen molar-refractivity contribution < 1.29 is 14.2 Å². The number of hydrogen-bond donors (Lipinski definition) is 0. The predicted molar refractivity (Wildman–Crippen MR) is 48.6 cm³/mol. The minimum Gasteiger partial charge on any atom is -0.468 e. The Kier molecular flexibility index (Phi) is 4.98. The topological polar surface area (TPSA) is 27.7 Å². The summed E-state index contributed by atoms with van der Waals surface area (Å²) in [5, 5.41) is 0. The normalized spacial score (nSPS) is 9.92. The lowest BCUT2D eigenvalue weighted by Crippen LogP contribution is -2.07. The van der Waals surface area contributed by atoms with E-state index in [9.17, 15) is 0 Å². The van der Waals surface area contributed by atoms with Gasteiger partial charge in [-0.25, -0.2) is 0 Å². The van der Waals surface area contributed by atoms with Crippen LogP contribution in [0.5, 0.6) is 5.75 Å². The van der Waals surface area contributed by atoms with Gasteiger partial charge in [0, 0.05) is 7.11 Å². The lowest BCUT2D eigenvalue weighted by atomic mass is 10.3. The summed E-state index contributed by atoms with van der Waals surface area (Å²) >= 11 is 0. The summed E-state index contributed by atoms with van der Waals surface area (Å²) in [6.45, 7) is 1.40. The van der Waals surface area contributed by atoms with Crippen LogP contribution >= 0.6 is 0 Å². The van der Waals surface area contributed by atoms with Crippen LogP contribution < -0.4 is 4.74 Å². The molecule has 0 spiro atoms. The zero-order chi connectivity index (χ0) is 9.36. The first kappa shape index (κ1) is 10.0. The minimum absolute atomic E-state index is 0.257. The second-order valence-electron chi connectivity index (χ2n) is 2.40. The van der Waals surface area contributed by atoms with Gasteiger partial charge >= 0.3 is 0 Å². The number of methoxy groups -OCH3 is 1. The summed E-state index contributed by atoms with van der Waals surface area (Å²) in [5.41, 5.74) is 0. The minimum atomic E-state index is 0.257. The highest BCUT2D eigenvalue weighted by atomic mass is 16.7. The summed E-state index contributed by atoms with van der Waals surface area (Å²) in [6.07, 6.45) is 0. The fraction of sp³-hybridized carbons (Fsp3) is 0.400. The summed E-state index contributed by atoms with van der Waals surface area (Å²) in [7, 11) is 1.64. The zero-order valence-corrected chi connectivity index (χ0v) is 7.66. The van der Waals surface area contributed by atoms with Crippen LogP contribution in [0, 0.1) is 6.07 Å². The Morgan fingerprint density at radius 1 is 1.23 bits per heavy atom. The number of hydrogen-bond acceptors (Lipinski definition) is 3. The third-order valence-corrected chi connectivity index (χ3v) is 1.43. The average Bonchev–Trinajstić information content (AvgIpc) is 2.19. The summed E-state index contributed by atoms with van der Waals surface area (Å²) in [4.78, 5) is 0. The van der Waals surface area contributed by atoms with Crippen LogP contribution in [-0.4, -0.2) is 27.1 Å². The molecule has 0 heterocycles. The molecule has 3 nitrogen and oxygen atoms in total. The number of ether oxygens (including phenoxy) is 3. The monoisotopic (exact) mass is 181 g/mol. The van der Waals surface area contributed by atoms with Gasteiger partial charge in [-0.15, -0.1) is 0 Å². The molecule has 0 unspecified atom stereocenters. The van der Waals surface area contributed by atoms with Gasteiger partial charge in [0.2, 0.25) is 0 Å². The highest BCUT2D eigenvalue weighted by Crippen LogP contribution is 2.07. The number of benzene rings is 1. The molecular weight excluding hydrogens is 168 g/mol. The summed E-state index contributed by atoms with van der Waals surface area (Å²) in [6, 6.07) is 10.2. The van der Waals surface area contributed by atoms with E-state index in [4.69, 9.17) is 14.2 Å².